The van der Waals surface area contributed by atoms with Crippen molar-refractivity contribution in [3.8, 4) is 5.75 Å². The number of ether oxygens (including phenoxy) is 2. The number of nitro groups is 1. The monoisotopic (exact) mass is 644 g/mol. The molecule has 0 fully saturated rings. The van der Waals surface area contributed by atoms with Gasteiger partial charge in [-0.1, -0.05) is 31.0 Å². The van der Waals surface area contributed by atoms with Gasteiger partial charge in [0.1, 0.15) is 22.7 Å². The number of carbonyl (C=O) groups excluding carboxylic acids is 3. The van der Waals surface area contributed by atoms with Crippen LogP contribution in [0.2, 0.25) is 5.02 Å². The summed E-state index contributed by atoms with van der Waals surface area (Å²) in [4.78, 5) is 57.4. The SMILES string of the molecule is CCC[C@@H](NC(=O)N1CC(NN(C)C)=NC[C@H](Cc2cc(Cl)ccc2OC)C1=O)c1ccc(C(=O)OC(C)(C)C)c([N+](=O)[O-])c1. The van der Waals surface area contributed by atoms with Gasteiger partial charge in [0.2, 0.25) is 5.91 Å². The van der Waals surface area contributed by atoms with E-state index >= 15 is 0 Å². The molecule has 0 aliphatic carbocycles. The molecule has 3 rings (SSSR count). The zero-order valence-corrected chi connectivity index (χ0v) is 27.4. The first-order chi connectivity index (χ1) is 21.1. The quantitative estimate of drug-likeness (QED) is 0.208. The molecule has 1 aliphatic rings. The number of methoxy groups -OCH3 is 1. The highest BCUT2D eigenvalue weighted by molar-refractivity contribution is 6.30. The van der Waals surface area contributed by atoms with Crippen LogP contribution in [0.3, 0.4) is 0 Å². The third-order valence-corrected chi connectivity index (χ3v) is 7.08. The number of imide groups is 1. The molecule has 0 radical (unpaired) electrons. The van der Waals surface area contributed by atoms with Crippen molar-refractivity contribution in [3.63, 3.8) is 0 Å². The average Bonchev–Trinajstić information content (AvgIpc) is 3.10. The summed E-state index contributed by atoms with van der Waals surface area (Å²) in [7, 11) is 5.05. The zero-order chi connectivity index (χ0) is 33.5. The number of esters is 1. The number of nitro benzene ring substituents is 1. The maximum Gasteiger partial charge on any atom is 0.345 e. The normalized spacial score (nSPS) is 16.0. The number of nitrogens with zero attached hydrogens (tertiary/aromatic N) is 4. The van der Waals surface area contributed by atoms with Gasteiger partial charge in [-0.15, -0.1) is 0 Å². The molecule has 2 atom stereocenters. The van der Waals surface area contributed by atoms with Gasteiger partial charge >= 0.3 is 12.0 Å². The molecule has 45 heavy (non-hydrogen) atoms. The third kappa shape index (κ3) is 9.63. The van der Waals surface area contributed by atoms with Crippen molar-refractivity contribution in [2.45, 2.75) is 58.6 Å². The van der Waals surface area contributed by atoms with E-state index in [0.29, 0.717) is 40.6 Å². The van der Waals surface area contributed by atoms with Crippen LogP contribution >= 0.6 is 11.6 Å². The molecule has 0 bridgehead atoms. The predicted octanol–water partition coefficient (Wildman–Crippen LogP) is 4.93. The van der Waals surface area contributed by atoms with Crippen molar-refractivity contribution in [1.82, 2.24) is 20.7 Å². The van der Waals surface area contributed by atoms with Crippen LogP contribution in [0, 0.1) is 16.0 Å². The molecule has 3 amide bonds. The average molecular weight is 645 g/mol. The molecule has 2 aromatic carbocycles. The first kappa shape index (κ1) is 35.3. The van der Waals surface area contributed by atoms with Crippen molar-refractivity contribution in [1.29, 1.82) is 0 Å². The number of aliphatic imine (C=N–C) groups is 1. The molecule has 0 saturated heterocycles. The minimum atomic E-state index is -0.846. The molecule has 0 unspecified atom stereocenters. The van der Waals surface area contributed by atoms with Crippen LogP contribution in [0.1, 0.15) is 68.1 Å². The van der Waals surface area contributed by atoms with Crippen LogP contribution in [-0.4, -0.2) is 78.5 Å². The number of urea groups is 1. The van der Waals surface area contributed by atoms with E-state index in [-0.39, 0.29) is 25.1 Å². The van der Waals surface area contributed by atoms with Gasteiger partial charge in [-0.05, 0) is 69.0 Å². The van der Waals surface area contributed by atoms with Crippen LogP contribution < -0.4 is 15.5 Å². The highest BCUT2D eigenvalue weighted by Gasteiger charge is 2.35. The molecule has 13 nitrogen and oxygen atoms in total. The maximum absolute atomic E-state index is 13.9. The summed E-state index contributed by atoms with van der Waals surface area (Å²) in [6.07, 6.45) is 1.26. The highest BCUT2D eigenvalue weighted by atomic mass is 35.5. The van der Waals surface area contributed by atoms with Crippen LogP contribution in [0.5, 0.6) is 5.75 Å². The number of amides is 3. The van der Waals surface area contributed by atoms with E-state index in [9.17, 15) is 24.5 Å². The molecule has 14 heteroatoms. The largest absolute Gasteiger partial charge is 0.496 e. The molecule has 1 heterocycles. The fraction of sp³-hybridized carbons (Fsp3) is 0.484. The van der Waals surface area contributed by atoms with Crippen LogP contribution in [0.4, 0.5) is 10.5 Å². The van der Waals surface area contributed by atoms with Crippen molar-refractivity contribution < 1.29 is 28.8 Å². The molecule has 244 valence electrons. The Morgan fingerprint density at radius 2 is 1.93 bits per heavy atom. The first-order valence-electron chi connectivity index (χ1n) is 14.6. The minimum absolute atomic E-state index is 0.116. The van der Waals surface area contributed by atoms with Crippen molar-refractivity contribution in [2.75, 3.05) is 34.3 Å². The summed E-state index contributed by atoms with van der Waals surface area (Å²) in [5, 5.41) is 17.0. The topological polar surface area (TPSA) is 156 Å². The summed E-state index contributed by atoms with van der Waals surface area (Å²) in [5.74, 6) is -1.01. The van der Waals surface area contributed by atoms with Crippen molar-refractivity contribution in [3.05, 3.63) is 68.2 Å². The van der Waals surface area contributed by atoms with E-state index in [1.807, 2.05) is 6.92 Å². The van der Waals surface area contributed by atoms with E-state index in [0.717, 1.165) is 4.90 Å². The number of hydrazine groups is 1. The van der Waals surface area contributed by atoms with Gasteiger partial charge < -0.3 is 20.2 Å². The second-order valence-electron chi connectivity index (χ2n) is 11.9. The van der Waals surface area contributed by atoms with Gasteiger partial charge in [0.25, 0.3) is 5.69 Å². The highest BCUT2D eigenvalue weighted by Crippen LogP contribution is 2.30. The van der Waals surface area contributed by atoms with E-state index in [1.54, 1.807) is 64.1 Å². The second kappa shape index (κ2) is 15.2. The van der Waals surface area contributed by atoms with Crippen molar-refractivity contribution >= 4 is 41.0 Å². The Kier molecular flexibility index (Phi) is 11.9. The number of amidine groups is 1. The Bertz CT molecular complexity index is 1460. The number of hydrogen-bond acceptors (Lipinski definition) is 10. The molecular weight excluding hydrogens is 604 g/mol. The zero-order valence-electron chi connectivity index (χ0n) is 26.7. The summed E-state index contributed by atoms with van der Waals surface area (Å²) < 4.78 is 10.8. The van der Waals surface area contributed by atoms with Gasteiger partial charge in [-0.25, -0.2) is 14.6 Å². The number of nitrogens with one attached hydrogen (secondary N) is 2. The Hall–Kier alpha value is -4.23. The number of halogens is 1. The Balaban J connectivity index is 1.94. The molecule has 0 spiro atoms. The maximum atomic E-state index is 13.9. The molecule has 1 aliphatic heterocycles. The van der Waals surface area contributed by atoms with E-state index in [1.165, 1.54) is 19.2 Å². The summed E-state index contributed by atoms with van der Waals surface area (Å²) in [6, 6.07) is 7.88. The lowest BCUT2D eigenvalue weighted by Gasteiger charge is -2.27. The predicted molar refractivity (Wildman–Crippen MR) is 170 cm³/mol. The number of hydrogen-bond donors (Lipinski definition) is 2. The van der Waals surface area contributed by atoms with Crippen molar-refractivity contribution in [2.24, 2.45) is 10.9 Å². The first-order valence-corrected chi connectivity index (χ1v) is 14.9. The van der Waals surface area contributed by atoms with E-state index in [2.05, 4.69) is 15.7 Å². The summed E-state index contributed by atoms with van der Waals surface area (Å²) in [6.45, 7) is 6.90. The third-order valence-electron chi connectivity index (χ3n) is 6.85. The van der Waals surface area contributed by atoms with E-state index < -0.39 is 46.1 Å². The summed E-state index contributed by atoms with van der Waals surface area (Å²) >= 11 is 6.22. The molecule has 0 saturated carbocycles. The number of carbonyl (C=O) groups is 3. The summed E-state index contributed by atoms with van der Waals surface area (Å²) in [5.41, 5.74) is 2.67. The molecule has 0 aromatic heterocycles. The van der Waals surface area contributed by atoms with Gasteiger partial charge in [-0.3, -0.25) is 24.8 Å². The van der Waals surface area contributed by atoms with Gasteiger partial charge in [0.05, 0.1) is 37.1 Å². The lowest BCUT2D eigenvalue weighted by molar-refractivity contribution is -0.385. The fourth-order valence-electron chi connectivity index (χ4n) is 4.88. The van der Waals surface area contributed by atoms with Gasteiger partial charge in [-0.2, -0.15) is 0 Å². The molecular formula is C31H41ClN6O7. The standard InChI is InChI=1S/C31H41ClN6O7/c1-8-9-24(19-10-12-23(25(16-19)38(42)43)29(40)45-31(2,3)4)34-30(41)37-18-27(35-36(5)6)33-17-21(28(37)39)14-20-15-22(32)11-13-26(20)44-7/h10-13,15-16,21,24H,8-9,14,17-18H2,1-7H3,(H,33,35)(H,34,41)/t21-,24+/m0/s1. The second-order valence-corrected chi connectivity index (χ2v) is 12.3. The van der Waals surface area contributed by atoms with Crippen LogP contribution in [0.25, 0.3) is 0 Å². The van der Waals surface area contributed by atoms with Crippen LogP contribution in [0.15, 0.2) is 41.4 Å². The van der Waals surface area contributed by atoms with Gasteiger partial charge in [0.15, 0.2) is 0 Å². The Morgan fingerprint density at radius 3 is 2.53 bits per heavy atom. The molecule has 2 aromatic rings. The minimum Gasteiger partial charge on any atom is -0.496 e. The molecule has 2 N–H and O–H groups in total. The lowest BCUT2D eigenvalue weighted by Crippen LogP contribution is -2.51. The van der Waals surface area contributed by atoms with Crippen LogP contribution in [-0.2, 0) is 16.0 Å². The Morgan fingerprint density at radius 1 is 1.22 bits per heavy atom. The number of benzene rings is 2. The smallest absolute Gasteiger partial charge is 0.345 e. The Labute approximate surface area is 268 Å². The van der Waals surface area contributed by atoms with Gasteiger partial charge in [0, 0.05) is 25.2 Å². The number of rotatable bonds is 10. The fourth-order valence-corrected chi connectivity index (χ4v) is 5.08. The van der Waals surface area contributed by atoms with E-state index in [4.69, 9.17) is 21.1 Å². The lowest BCUT2D eigenvalue weighted by atomic mass is 9.97.